The van der Waals surface area contributed by atoms with Crippen LogP contribution in [-0.2, 0) is 19.4 Å². The zero-order valence-electron chi connectivity index (χ0n) is 8.34. The second kappa shape index (κ2) is 4.18. The van der Waals surface area contributed by atoms with E-state index in [1.54, 1.807) is 0 Å². The maximum absolute atomic E-state index is 11.3. The van der Waals surface area contributed by atoms with Crippen molar-refractivity contribution in [2.75, 3.05) is 18.6 Å². The number of carbonyl (C=O) groups is 2. The first kappa shape index (κ1) is 12.0. The van der Waals surface area contributed by atoms with E-state index in [1.807, 2.05) is 0 Å². The van der Waals surface area contributed by atoms with Crippen molar-refractivity contribution in [3.63, 3.8) is 0 Å². The monoisotopic (exact) mass is 235 g/mol. The molecule has 1 aliphatic rings. The number of likely N-dealkylation sites (tertiary alicyclic amines) is 1. The van der Waals surface area contributed by atoms with Gasteiger partial charge in [-0.25, -0.2) is 13.2 Å². The van der Waals surface area contributed by atoms with Gasteiger partial charge in [0.05, 0.1) is 5.75 Å². The standard InChI is InChI=1S/C8H13NO5S/c1-15(13,14)5-4-9-6(8(11)12)2-3-7(9)10/h6H,2-5H2,1H3,(H,11,12). The largest absolute Gasteiger partial charge is 0.480 e. The first-order valence-corrected chi connectivity index (χ1v) is 6.57. The van der Waals surface area contributed by atoms with E-state index in [2.05, 4.69) is 0 Å². The van der Waals surface area contributed by atoms with Gasteiger partial charge < -0.3 is 10.0 Å². The van der Waals surface area contributed by atoms with Crippen LogP contribution in [0.2, 0.25) is 0 Å². The minimum Gasteiger partial charge on any atom is -0.480 e. The van der Waals surface area contributed by atoms with Gasteiger partial charge in [-0.05, 0) is 6.42 Å². The second-order valence-electron chi connectivity index (χ2n) is 3.61. The molecule has 1 N–H and O–H groups in total. The van der Waals surface area contributed by atoms with Gasteiger partial charge in [0.2, 0.25) is 5.91 Å². The average molecular weight is 235 g/mol. The SMILES string of the molecule is CS(=O)(=O)CCN1C(=O)CCC1C(=O)O. The number of amides is 1. The number of nitrogens with zero attached hydrogens (tertiary/aromatic N) is 1. The minimum atomic E-state index is -3.17. The van der Waals surface area contributed by atoms with Crippen LogP contribution >= 0.6 is 0 Å². The van der Waals surface area contributed by atoms with E-state index in [9.17, 15) is 18.0 Å². The van der Waals surface area contributed by atoms with Crippen LogP contribution in [0.25, 0.3) is 0 Å². The molecule has 0 aliphatic carbocycles. The zero-order chi connectivity index (χ0) is 11.6. The molecule has 1 aliphatic heterocycles. The Morgan fingerprint density at radius 1 is 1.60 bits per heavy atom. The predicted molar refractivity (Wildman–Crippen MR) is 52.1 cm³/mol. The number of hydrogen-bond acceptors (Lipinski definition) is 4. The van der Waals surface area contributed by atoms with Gasteiger partial charge in [-0.2, -0.15) is 0 Å². The quantitative estimate of drug-likeness (QED) is 0.682. The van der Waals surface area contributed by atoms with E-state index in [1.165, 1.54) is 0 Å². The van der Waals surface area contributed by atoms with Crippen LogP contribution < -0.4 is 0 Å². The molecule has 0 aromatic rings. The van der Waals surface area contributed by atoms with Gasteiger partial charge in [0.15, 0.2) is 0 Å². The van der Waals surface area contributed by atoms with Crippen molar-refractivity contribution in [3.8, 4) is 0 Å². The van der Waals surface area contributed by atoms with Gasteiger partial charge in [0.25, 0.3) is 0 Å². The molecular formula is C8H13NO5S. The molecule has 1 rings (SSSR count). The Morgan fingerprint density at radius 2 is 2.20 bits per heavy atom. The topological polar surface area (TPSA) is 91.8 Å². The molecule has 7 heteroatoms. The first-order chi connectivity index (χ1) is 6.81. The molecule has 86 valence electrons. The number of carboxylic acids is 1. The fraction of sp³-hybridized carbons (Fsp3) is 0.750. The minimum absolute atomic E-state index is 0.0331. The Labute approximate surface area is 87.8 Å². The summed E-state index contributed by atoms with van der Waals surface area (Å²) in [6.07, 6.45) is 1.50. The van der Waals surface area contributed by atoms with E-state index in [4.69, 9.17) is 5.11 Å². The van der Waals surface area contributed by atoms with Crippen molar-refractivity contribution in [2.24, 2.45) is 0 Å². The van der Waals surface area contributed by atoms with Gasteiger partial charge in [-0.3, -0.25) is 4.79 Å². The molecule has 0 aromatic carbocycles. The summed E-state index contributed by atoms with van der Waals surface area (Å²) in [5.41, 5.74) is 0. The van der Waals surface area contributed by atoms with E-state index in [-0.39, 0.29) is 31.0 Å². The second-order valence-corrected chi connectivity index (χ2v) is 5.87. The van der Waals surface area contributed by atoms with Crippen molar-refractivity contribution >= 4 is 21.7 Å². The number of hydrogen-bond donors (Lipinski definition) is 1. The normalized spacial score (nSPS) is 22.1. The Bertz CT molecular complexity index is 374. The number of rotatable bonds is 4. The third kappa shape index (κ3) is 3.19. The van der Waals surface area contributed by atoms with Gasteiger partial charge in [-0.1, -0.05) is 0 Å². The molecule has 1 saturated heterocycles. The fourth-order valence-corrected chi connectivity index (χ4v) is 2.06. The molecule has 0 saturated carbocycles. The van der Waals surface area contributed by atoms with Crippen LogP contribution in [0, 0.1) is 0 Å². The number of sulfone groups is 1. The lowest BCUT2D eigenvalue weighted by Crippen LogP contribution is -2.41. The van der Waals surface area contributed by atoms with Crippen molar-refractivity contribution in [2.45, 2.75) is 18.9 Å². The van der Waals surface area contributed by atoms with E-state index >= 15 is 0 Å². The van der Waals surface area contributed by atoms with E-state index in [0.29, 0.717) is 0 Å². The summed E-state index contributed by atoms with van der Waals surface area (Å²) in [5, 5.41) is 8.79. The summed E-state index contributed by atoms with van der Waals surface area (Å²) in [5.74, 6) is -1.55. The summed E-state index contributed by atoms with van der Waals surface area (Å²) >= 11 is 0. The molecule has 1 fully saturated rings. The zero-order valence-corrected chi connectivity index (χ0v) is 9.16. The van der Waals surface area contributed by atoms with Crippen molar-refractivity contribution < 1.29 is 23.1 Å². The Hall–Kier alpha value is -1.11. The van der Waals surface area contributed by atoms with Gasteiger partial charge in [0, 0.05) is 19.2 Å². The number of aliphatic carboxylic acids is 1. The van der Waals surface area contributed by atoms with Crippen LogP contribution in [0.4, 0.5) is 0 Å². The highest BCUT2D eigenvalue weighted by molar-refractivity contribution is 7.90. The molecule has 0 aromatic heterocycles. The summed E-state index contributed by atoms with van der Waals surface area (Å²) in [7, 11) is -3.17. The molecule has 15 heavy (non-hydrogen) atoms. The van der Waals surface area contributed by atoms with E-state index in [0.717, 1.165) is 11.2 Å². The Kier molecular flexibility index (Phi) is 3.33. The molecule has 1 amide bonds. The van der Waals surface area contributed by atoms with Crippen molar-refractivity contribution in [1.29, 1.82) is 0 Å². The van der Waals surface area contributed by atoms with Gasteiger partial charge in [0.1, 0.15) is 15.9 Å². The van der Waals surface area contributed by atoms with E-state index < -0.39 is 21.8 Å². The molecule has 0 bridgehead atoms. The van der Waals surface area contributed by atoms with Crippen molar-refractivity contribution in [3.05, 3.63) is 0 Å². The van der Waals surface area contributed by atoms with Crippen molar-refractivity contribution in [1.82, 2.24) is 4.90 Å². The summed E-state index contributed by atoms with van der Waals surface area (Å²) in [4.78, 5) is 23.1. The highest BCUT2D eigenvalue weighted by Crippen LogP contribution is 2.18. The lowest BCUT2D eigenvalue weighted by atomic mass is 10.2. The maximum Gasteiger partial charge on any atom is 0.326 e. The molecule has 0 spiro atoms. The number of carboxylic acid groups (broad SMARTS) is 1. The molecule has 1 unspecified atom stereocenters. The highest BCUT2D eigenvalue weighted by Gasteiger charge is 2.35. The number of carbonyl (C=O) groups excluding carboxylic acids is 1. The molecule has 1 heterocycles. The molecule has 1 atom stereocenters. The van der Waals surface area contributed by atoms with Crippen LogP contribution in [0.15, 0.2) is 0 Å². The third-order valence-corrected chi connectivity index (χ3v) is 3.24. The summed E-state index contributed by atoms with van der Waals surface area (Å²) in [6.45, 7) is -0.0331. The Balaban J connectivity index is 2.65. The highest BCUT2D eigenvalue weighted by atomic mass is 32.2. The average Bonchev–Trinajstić information content (AvgIpc) is 2.42. The predicted octanol–water partition coefficient (Wildman–Crippen LogP) is -0.893. The van der Waals surface area contributed by atoms with Crippen LogP contribution in [0.1, 0.15) is 12.8 Å². The summed E-state index contributed by atoms with van der Waals surface area (Å²) in [6, 6.07) is -0.862. The van der Waals surface area contributed by atoms with Crippen LogP contribution in [0.5, 0.6) is 0 Å². The summed E-state index contributed by atoms with van der Waals surface area (Å²) < 4.78 is 21.8. The molecule has 0 radical (unpaired) electrons. The van der Waals surface area contributed by atoms with Gasteiger partial charge >= 0.3 is 5.97 Å². The lowest BCUT2D eigenvalue weighted by molar-refractivity contribution is -0.146. The molecular weight excluding hydrogens is 222 g/mol. The Morgan fingerprint density at radius 3 is 2.67 bits per heavy atom. The lowest BCUT2D eigenvalue weighted by Gasteiger charge is -2.20. The van der Waals surface area contributed by atoms with Crippen LogP contribution in [0.3, 0.4) is 0 Å². The maximum atomic E-state index is 11.3. The smallest absolute Gasteiger partial charge is 0.326 e. The first-order valence-electron chi connectivity index (χ1n) is 4.51. The fourth-order valence-electron chi connectivity index (χ4n) is 1.53. The third-order valence-electron chi connectivity index (χ3n) is 2.32. The molecule has 6 nitrogen and oxygen atoms in total. The van der Waals surface area contributed by atoms with Crippen LogP contribution in [-0.4, -0.2) is 54.9 Å². The van der Waals surface area contributed by atoms with Gasteiger partial charge in [-0.15, -0.1) is 0 Å².